The summed E-state index contributed by atoms with van der Waals surface area (Å²) in [7, 11) is 0. The number of hydrogen-bond acceptors (Lipinski definition) is 5. The van der Waals surface area contributed by atoms with Gasteiger partial charge in [0.2, 0.25) is 0 Å². The lowest BCUT2D eigenvalue weighted by Crippen LogP contribution is -2.46. The maximum Gasteiger partial charge on any atom is 0.416 e. The molecule has 4 nitrogen and oxygen atoms in total. The smallest absolute Gasteiger partial charge is 0.374 e. The molecule has 1 aromatic heterocycles. The summed E-state index contributed by atoms with van der Waals surface area (Å²) in [5.74, 6) is 0. The second kappa shape index (κ2) is 6.16. The summed E-state index contributed by atoms with van der Waals surface area (Å²) in [5.41, 5.74) is -0.288. The fourth-order valence-corrected chi connectivity index (χ4v) is 3.87. The molecular formula is C16H18F3N3OS. The van der Waals surface area contributed by atoms with Crippen molar-refractivity contribution in [3.05, 3.63) is 23.8 Å². The molecule has 0 radical (unpaired) electrons. The van der Waals surface area contributed by atoms with Crippen molar-refractivity contribution in [1.29, 1.82) is 0 Å². The summed E-state index contributed by atoms with van der Waals surface area (Å²) in [6, 6.07) is 4.40. The number of rotatable bonds is 4. The Bertz CT molecular complexity index is 729. The molecule has 130 valence electrons. The lowest BCUT2D eigenvalue weighted by molar-refractivity contribution is -0.137. The Kier molecular flexibility index (Phi) is 4.14. The highest BCUT2D eigenvalue weighted by atomic mass is 32.1. The molecule has 2 fully saturated rings. The number of nitrogens with zero attached hydrogens (tertiary/aromatic N) is 2. The number of ether oxygens (including phenoxy) is 1. The molecule has 1 saturated carbocycles. The minimum atomic E-state index is -4.34. The summed E-state index contributed by atoms with van der Waals surface area (Å²) in [6.07, 6.45) is -1.69. The fraction of sp³-hybridized carbons (Fsp3) is 0.562. The van der Waals surface area contributed by atoms with Crippen LogP contribution in [0.15, 0.2) is 18.2 Å². The molecule has 4 rings (SSSR count). The van der Waals surface area contributed by atoms with Gasteiger partial charge in [-0.05, 0) is 31.0 Å². The van der Waals surface area contributed by atoms with Crippen molar-refractivity contribution < 1.29 is 17.9 Å². The molecule has 2 aromatic rings. The molecule has 2 aliphatic rings. The van der Waals surface area contributed by atoms with Gasteiger partial charge in [-0.25, -0.2) is 4.98 Å². The zero-order chi connectivity index (χ0) is 16.7. The van der Waals surface area contributed by atoms with E-state index < -0.39 is 11.7 Å². The number of benzene rings is 1. The highest BCUT2D eigenvalue weighted by Gasteiger charge is 2.33. The van der Waals surface area contributed by atoms with Crippen molar-refractivity contribution >= 4 is 26.7 Å². The monoisotopic (exact) mass is 357 g/mol. The topological polar surface area (TPSA) is 37.4 Å². The summed E-state index contributed by atoms with van der Waals surface area (Å²) in [6.45, 7) is 3.25. The Morgan fingerprint density at radius 3 is 2.92 bits per heavy atom. The van der Waals surface area contributed by atoms with Gasteiger partial charge in [0.25, 0.3) is 0 Å². The van der Waals surface area contributed by atoms with E-state index in [0.29, 0.717) is 17.2 Å². The van der Waals surface area contributed by atoms with Crippen molar-refractivity contribution in [2.24, 2.45) is 0 Å². The number of nitrogens with one attached hydrogen (secondary N) is 1. The Morgan fingerprint density at radius 1 is 1.33 bits per heavy atom. The van der Waals surface area contributed by atoms with Gasteiger partial charge in [0.1, 0.15) is 0 Å². The minimum absolute atomic E-state index is 0.0945. The van der Waals surface area contributed by atoms with Crippen LogP contribution >= 0.6 is 11.3 Å². The zero-order valence-electron chi connectivity index (χ0n) is 13.0. The molecule has 1 aliphatic carbocycles. The molecule has 1 saturated heterocycles. The molecule has 24 heavy (non-hydrogen) atoms. The first-order valence-electron chi connectivity index (χ1n) is 8.06. The van der Waals surface area contributed by atoms with Gasteiger partial charge in [-0.2, -0.15) is 13.2 Å². The van der Waals surface area contributed by atoms with Gasteiger partial charge in [-0.3, -0.25) is 4.90 Å². The molecule has 0 bridgehead atoms. The van der Waals surface area contributed by atoms with Crippen LogP contribution in [0.5, 0.6) is 0 Å². The van der Waals surface area contributed by atoms with Crippen LogP contribution in [0.4, 0.5) is 18.3 Å². The molecular weight excluding hydrogens is 339 g/mol. The normalized spacial score (nSPS) is 22.9. The Balaban J connectivity index is 1.41. The number of morpholine rings is 1. The van der Waals surface area contributed by atoms with E-state index in [1.807, 2.05) is 0 Å². The molecule has 1 aromatic carbocycles. The number of alkyl halides is 3. The molecule has 2 heterocycles. The number of halogens is 3. The first-order chi connectivity index (χ1) is 11.5. The third-order valence-electron chi connectivity index (χ3n) is 4.43. The molecule has 0 spiro atoms. The van der Waals surface area contributed by atoms with E-state index in [2.05, 4.69) is 15.2 Å². The van der Waals surface area contributed by atoms with E-state index in [9.17, 15) is 13.2 Å². The highest BCUT2D eigenvalue weighted by molar-refractivity contribution is 7.22. The predicted molar refractivity (Wildman–Crippen MR) is 87.4 cm³/mol. The van der Waals surface area contributed by atoms with Gasteiger partial charge in [0.05, 0.1) is 28.5 Å². The van der Waals surface area contributed by atoms with E-state index in [4.69, 9.17) is 4.74 Å². The third kappa shape index (κ3) is 3.50. The molecule has 1 aliphatic heterocycles. The summed E-state index contributed by atoms with van der Waals surface area (Å²) in [5, 5.41) is 3.85. The third-order valence-corrected chi connectivity index (χ3v) is 5.42. The number of fused-ring (bicyclic) bond motifs is 1. The Morgan fingerprint density at radius 2 is 2.17 bits per heavy atom. The van der Waals surface area contributed by atoms with Crippen molar-refractivity contribution in [3.63, 3.8) is 0 Å². The van der Waals surface area contributed by atoms with E-state index in [0.717, 1.165) is 42.6 Å². The lowest BCUT2D eigenvalue weighted by Gasteiger charge is -2.33. The molecule has 0 amide bonds. The van der Waals surface area contributed by atoms with Gasteiger partial charge in [-0.15, -0.1) is 0 Å². The van der Waals surface area contributed by atoms with Crippen molar-refractivity contribution in [2.75, 3.05) is 31.6 Å². The highest BCUT2D eigenvalue weighted by Crippen LogP contribution is 2.34. The summed E-state index contributed by atoms with van der Waals surface area (Å²) >= 11 is 1.37. The minimum Gasteiger partial charge on any atom is -0.374 e. The fourth-order valence-electron chi connectivity index (χ4n) is 3.02. The van der Waals surface area contributed by atoms with Gasteiger partial charge in [0.15, 0.2) is 5.13 Å². The average Bonchev–Trinajstić information content (AvgIpc) is 3.31. The SMILES string of the molecule is FC(F)(F)c1ccc2sc(NCC3CN(C4CC4)CCO3)nc2c1. The maximum atomic E-state index is 12.8. The molecule has 1 N–H and O–H groups in total. The van der Waals surface area contributed by atoms with Crippen molar-refractivity contribution in [3.8, 4) is 0 Å². The van der Waals surface area contributed by atoms with E-state index >= 15 is 0 Å². The predicted octanol–water partition coefficient (Wildman–Crippen LogP) is 3.59. The maximum absolute atomic E-state index is 12.8. The second-order valence-corrected chi connectivity index (χ2v) is 7.33. The first-order valence-corrected chi connectivity index (χ1v) is 8.88. The van der Waals surface area contributed by atoms with Crippen LogP contribution in [0.25, 0.3) is 10.2 Å². The first kappa shape index (κ1) is 16.1. The Hall–Kier alpha value is -1.38. The number of aromatic nitrogens is 1. The van der Waals surface area contributed by atoms with Crippen molar-refractivity contribution in [1.82, 2.24) is 9.88 Å². The number of anilines is 1. The standard InChI is InChI=1S/C16H18F3N3OS/c17-16(18,19)10-1-4-14-13(7-10)21-15(24-14)20-8-12-9-22(5-6-23-12)11-2-3-11/h1,4,7,11-12H,2-3,5-6,8-9H2,(H,20,21). The van der Waals surface area contributed by atoms with Gasteiger partial charge in [0, 0.05) is 25.7 Å². The largest absolute Gasteiger partial charge is 0.416 e. The number of hydrogen-bond donors (Lipinski definition) is 1. The zero-order valence-corrected chi connectivity index (χ0v) is 13.8. The lowest BCUT2D eigenvalue weighted by atomic mass is 10.2. The number of thiazole rings is 1. The Labute approximate surface area is 141 Å². The molecule has 1 unspecified atom stereocenters. The van der Waals surface area contributed by atoms with E-state index in [1.54, 1.807) is 0 Å². The summed E-state index contributed by atoms with van der Waals surface area (Å²) < 4.78 is 44.8. The van der Waals surface area contributed by atoms with Crippen molar-refractivity contribution in [2.45, 2.75) is 31.2 Å². The van der Waals surface area contributed by atoms with E-state index in [1.165, 1.54) is 30.2 Å². The molecule has 8 heteroatoms. The van der Waals surface area contributed by atoms with Gasteiger partial charge >= 0.3 is 6.18 Å². The van der Waals surface area contributed by atoms with Crippen LogP contribution < -0.4 is 5.32 Å². The average molecular weight is 357 g/mol. The molecule has 1 atom stereocenters. The van der Waals surface area contributed by atoms with Crippen LogP contribution in [0.3, 0.4) is 0 Å². The van der Waals surface area contributed by atoms with Gasteiger partial charge < -0.3 is 10.1 Å². The summed E-state index contributed by atoms with van der Waals surface area (Å²) in [4.78, 5) is 6.74. The quantitative estimate of drug-likeness (QED) is 0.907. The van der Waals surface area contributed by atoms with Crippen LogP contribution in [-0.4, -0.2) is 48.3 Å². The second-order valence-electron chi connectivity index (χ2n) is 6.30. The van der Waals surface area contributed by atoms with Crippen LogP contribution in [0.1, 0.15) is 18.4 Å². The van der Waals surface area contributed by atoms with Crippen LogP contribution in [0, 0.1) is 0 Å². The van der Waals surface area contributed by atoms with Gasteiger partial charge in [-0.1, -0.05) is 11.3 Å². The van der Waals surface area contributed by atoms with Crippen LogP contribution in [0.2, 0.25) is 0 Å². The van der Waals surface area contributed by atoms with Crippen LogP contribution in [-0.2, 0) is 10.9 Å². The van der Waals surface area contributed by atoms with E-state index in [-0.39, 0.29) is 6.10 Å².